The Kier molecular flexibility index (Phi) is 5.96. The van der Waals surface area contributed by atoms with E-state index in [-0.39, 0.29) is 24.0 Å². The fourth-order valence-electron chi connectivity index (χ4n) is 3.08. The fraction of sp³-hybridized carbons (Fsp3) is 0.350. The van der Waals surface area contributed by atoms with Gasteiger partial charge in [0, 0.05) is 36.1 Å². The maximum atomic E-state index is 12.4. The van der Waals surface area contributed by atoms with Gasteiger partial charge in [-0.05, 0) is 55.5 Å². The molecule has 2 amide bonds. The van der Waals surface area contributed by atoms with Crippen LogP contribution in [0.25, 0.3) is 0 Å². The molecule has 26 heavy (non-hydrogen) atoms. The van der Waals surface area contributed by atoms with Crippen LogP contribution in [-0.2, 0) is 6.54 Å². The Morgan fingerprint density at radius 3 is 2.46 bits per heavy atom. The molecule has 0 spiro atoms. The number of rotatable bonds is 5. The molecule has 0 aliphatic heterocycles. The lowest BCUT2D eigenvalue weighted by atomic mass is 9.93. The summed E-state index contributed by atoms with van der Waals surface area (Å²) in [4.78, 5) is 28.8. The standard InChI is InChI=1S/C20H23N3O3/c24-18-8-6-17(7-9-18)23-20(26)16-5-1-4-15(11-16)19(25)22-13-14-3-2-10-21-12-14/h1-5,10-12,17-18,24H,6-9,13H2,(H,22,25)(H,23,26)/t17-,18-. The first-order valence-corrected chi connectivity index (χ1v) is 8.88. The molecule has 1 aromatic heterocycles. The summed E-state index contributed by atoms with van der Waals surface area (Å²) in [6.07, 6.45) is 6.10. The molecular formula is C20H23N3O3. The van der Waals surface area contributed by atoms with Gasteiger partial charge in [-0.25, -0.2) is 0 Å². The van der Waals surface area contributed by atoms with Gasteiger partial charge in [0.15, 0.2) is 0 Å². The van der Waals surface area contributed by atoms with Crippen molar-refractivity contribution in [3.63, 3.8) is 0 Å². The van der Waals surface area contributed by atoms with E-state index in [1.54, 1.807) is 36.7 Å². The first kappa shape index (κ1) is 18.1. The summed E-state index contributed by atoms with van der Waals surface area (Å²) in [7, 11) is 0. The molecule has 0 atom stereocenters. The third-order valence-corrected chi connectivity index (χ3v) is 4.59. The Balaban J connectivity index is 1.58. The number of benzene rings is 1. The van der Waals surface area contributed by atoms with Gasteiger partial charge in [0.25, 0.3) is 11.8 Å². The van der Waals surface area contributed by atoms with E-state index in [9.17, 15) is 14.7 Å². The number of amides is 2. The third kappa shape index (κ3) is 4.89. The number of aromatic nitrogens is 1. The normalized spacial score (nSPS) is 19.6. The molecule has 1 aliphatic carbocycles. The van der Waals surface area contributed by atoms with Crippen molar-refractivity contribution in [3.05, 3.63) is 65.5 Å². The molecule has 1 saturated carbocycles. The molecular weight excluding hydrogens is 330 g/mol. The first-order chi connectivity index (χ1) is 12.6. The van der Waals surface area contributed by atoms with E-state index in [4.69, 9.17) is 0 Å². The molecule has 0 bridgehead atoms. The molecule has 3 N–H and O–H groups in total. The van der Waals surface area contributed by atoms with Crippen LogP contribution in [0.2, 0.25) is 0 Å². The van der Waals surface area contributed by atoms with E-state index < -0.39 is 0 Å². The molecule has 136 valence electrons. The summed E-state index contributed by atoms with van der Waals surface area (Å²) in [6, 6.07) is 10.5. The quantitative estimate of drug-likeness (QED) is 0.767. The van der Waals surface area contributed by atoms with Crippen LogP contribution in [0, 0.1) is 0 Å². The van der Waals surface area contributed by atoms with Crippen molar-refractivity contribution in [1.82, 2.24) is 15.6 Å². The smallest absolute Gasteiger partial charge is 0.251 e. The molecule has 1 aromatic carbocycles. The first-order valence-electron chi connectivity index (χ1n) is 8.88. The predicted molar refractivity (Wildman–Crippen MR) is 97.6 cm³/mol. The largest absolute Gasteiger partial charge is 0.393 e. The molecule has 1 heterocycles. The molecule has 2 aromatic rings. The van der Waals surface area contributed by atoms with Gasteiger partial charge in [0.2, 0.25) is 0 Å². The highest BCUT2D eigenvalue weighted by Gasteiger charge is 2.21. The highest BCUT2D eigenvalue weighted by Crippen LogP contribution is 2.19. The van der Waals surface area contributed by atoms with Crippen molar-refractivity contribution in [2.24, 2.45) is 0 Å². The van der Waals surface area contributed by atoms with Crippen LogP contribution in [0.3, 0.4) is 0 Å². The number of carbonyl (C=O) groups excluding carboxylic acids is 2. The maximum Gasteiger partial charge on any atom is 0.251 e. The van der Waals surface area contributed by atoms with Crippen molar-refractivity contribution in [2.75, 3.05) is 0 Å². The lowest BCUT2D eigenvalue weighted by Crippen LogP contribution is -2.38. The molecule has 1 aliphatic rings. The van der Waals surface area contributed by atoms with Crippen LogP contribution < -0.4 is 10.6 Å². The van der Waals surface area contributed by atoms with E-state index >= 15 is 0 Å². The second-order valence-corrected chi connectivity index (χ2v) is 6.60. The number of aliphatic hydroxyl groups is 1. The summed E-state index contributed by atoms with van der Waals surface area (Å²) >= 11 is 0. The van der Waals surface area contributed by atoms with E-state index in [1.165, 1.54) is 0 Å². The minimum absolute atomic E-state index is 0.0777. The van der Waals surface area contributed by atoms with E-state index in [0.29, 0.717) is 30.5 Å². The van der Waals surface area contributed by atoms with Crippen LogP contribution in [0.15, 0.2) is 48.8 Å². The number of pyridine rings is 1. The zero-order valence-corrected chi connectivity index (χ0v) is 14.5. The maximum absolute atomic E-state index is 12.4. The van der Waals surface area contributed by atoms with Crippen LogP contribution in [0.5, 0.6) is 0 Å². The topological polar surface area (TPSA) is 91.3 Å². The highest BCUT2D eigenvalue weighted by molar-refractivity contribution is 5.99. The van der Waals surface area contributed by atoms with Crippen molar-refractivity contribution in [2.45, 2.75) is 44.4 Å². The SMILES string of the molecule is O=C(NCc1cccnc1)c1cccc(C(=O)N[C@H]2CC[C@H](O)CC2)c1. The molecule has 0 saturated heterocycles. The Hall–Kier alpha value is -2.73. The second-order valence-electron chi connectivity index (χ2n) is 6.60. The minimum Gasteiger partial charge on any atom is -0.393 e. The van der Waals surface area contributed by atoms with Crippen LogP contribution in [0.1, 0.15) is 52.0 Å². The zero-order chi connectivity index (χ0) is 18.4. The molecule has 0 unspecified atom stereocenters. The number of nitrogens with one attached hydrogen (secondary N) is 2. The zero-order valence-electron chi connectivity index (χ0n) is 14.5. The Labute approximate surface area is 152 Å². The Morgan fingerprint density at radius 2 is 1.77 bits per heavy atom. The molecule has 6 heteroatoms. The Morgan fingerprint density at radius 1 is 1.04 bits per heavy atom. The van der Waals surface area contributed by atoms with Gasteiger partial charge in [0.1, 0.15) is 0 Å². The van der Waals surface area contributed by atoms with Gasteiger partial charge < -0.3 is 15.7 Å². The lowest BCUT2D eigenvalue weighted by Gasteiger charge is -2.26. The minimum atomic E-state index is -0.255. The lowest BCUT2D eigenvalue weighted by molar-refractivity contribution is 0.0867. The number of nitrogens with zero attached hydrogens (tertiary/aromatic N) is 1. The molecule has 0 radical (unpaired) electrons. The van der Waals surface area contributed by atoms with Crippen molar-refractivity contribution < 1.29 is 14.7 Å². The number of carbonyl (C=O) groups is 2. The van der Waals surface area contributed by atoms with Gasteiger partial charge in [-0.2, -0.15) is 0 Å². The number of hydrogen-bond acceptors (Lipinski definition) is 4. The van der Waals surface area contributed by atoms with Crippen LogP contribution in [-0.4, -0.2) is 34.1 Å². The number of aliphatic hydroxyl groups excluding tert-OH is 1. The van der Waals surface area contributed by atoms with Crippen LogP contribution in [0.4, 0.5) is 0 Å². The van der Waals surface area contributed by atoms with E-state index in [1.807, 2.05) is 12.1 Å². The van der Waals surface area contributed by atoms with Gasteiger partial charge in [-0.3, -0.25) is 14.6 Å². The van der Waals surface area contributed by atoms with Gasteiger partial charge >= 0.3 is 0 Å². The average molecular weight is 353 g/mol. The van der Waals surface area contributed by atoms with E-state index in [2.05, 4.69) is 15.6 Å². The van der Waals surface area contributed by atoms with Crippen molar-refractivity contribution in [3.8, 4) is 0 Å². The second kappa shape index (κ2) is 8.58. The Bertz CT molecular complexity index is 756. The molecule has 6 nitrogen and oxygen atoms in total. The van der Waals surface area contributed by atoms with Gasteiger partial charge in [-0.1, -0.05) is 12.1 Å². The summed E-state index contributed by atoms with van der Waals surface area (Å²) in [5.74, 6) is -0.419. The van der Waals surface area contributed by atoms with Crippen molar-refractivity contribution in [1.29, 1.82) is 0 Å². The third-order valence-electron chi connectivity index (χ3n) is 4.59. The summed E-state index contributed by atoms with van der Waals surface area (Å²) in [5, 5.41) is 15.4. The number of hydrogen-bond donors (Lipinski definition) is 3. The summed E-state index contributed by atoms with van der Waals surface area (Å²) in [5.41, 5.74) is 1.82. The summed E-state index contributed by atoms with van der Waals surface area (Å²) in [6.45, 7) is 0.382. The molecule has 1 fully saturated rings. The monoisotopic (exact) mass is 353 g/mol. The molecule has 3 rings (SSSR count). The fourth-order valence-corrected chi connectivity index (χ4v) is 3.08. The van der Waals surface area contributed by atoms with E-state index in [0.717, 1.165) is 18.4 Å². The van der Waals surface area contributed by atoms with Crippen LogP contribution >= 0.6 is 0 Å². The van der Waals surface area contributed by atoms with Gasteiger partial charge in [-0.15, -0.1) is 0 Å². The summed E-state index contributed by atoms with van der Waals surface area (Å²) < 4.78 is 0. The van der Waals surface area contributed by atoms with Crippen molar-refractivity contribution >= 4 is 11.8 Å². The van der Waals surface area contributed by atoms with Gasteiger partial charge in [0.05, 0.1) is 6.10 Å². The highest BCUT2D eigenvalue weighted by atomic mass is 16.3. The average Bonchev–Trinajstić information content (AvgIpc) is 2.69. The predicted octanol–water partition coefficient (Wildman–Crippen LogP) is 2.04.